The Kier molecular flexibility index (Phi) is 6.19. The van der Waals surface area contributed by atoms with Crippen LogP contribution < -0.4 is 11.1 Å². The van der Waals surface area contributed by atoms with Crippen molar-refractivity contribution in [1.82, 2.24) is 10.2 Å². The Morgan fingerprint density at radius 1 is 1.32 bits per heavy atom. The van der Waals surface area contributed by atoms with Gasteiger partial charge in [-0.2, -0.15) is 13.2 Å². The maximum atomic E-state index is 13.2. The minimum absolute atomic E-state index is 0.00899. The lowest BCUT2D eigenvalue weighted by molar-refractivity contribution is -0.183. The Morgan fingerprint density at radius 3 is 2.32 bits per heavy atom. The first-order chi connectivity index (χ1) is 10.1. The predicted octanol–water partition coefficient (Wildman–Crippen LogP) is 2.46. The second kappa shape index (κ2) is 7.46. The summed E-state index contributed by atoms with van der Waals surface area (Å²) < 4.78 is 39.7. The molecule has 0 spiro atoms. The smallest absolute Gasteiger partial charge is 0.351 e. The highest BCUT2D eigenvalue weighted by Gasteiger charge is 2.43. The zero-order valence-corrected chi connectivity index (χ0v) is 12.4. The van der Waals surface area contributed by atoms with Crippen LogP contribution >= 0.6 is 11.6 Å². The number of nitrogens with zero attached hydrogens (tertiary/aromatic N) is 1. The van der Waals surface area contributed by atoms with Gasteiger partial charge in [-0.3, -0.25) is 15.0 Å². The first-order valence-corrected chi connectivity index (χ1v) is 6.60. The molecule has 0 saturated heterocycles. The second-order valence-electron chi connectivity index (χ2n) is 4.64. The number of hydrogen-bond acceptors (Lipinski definition) is 3. The van der Waals surface area contributed by atoms with Gasteiger partial charge in [-0.25, -0.2) is 4.79 Å². The van der Waals surface area contributed by atoms with Gasteiger partial charge in [0, 0.05) is 18.0 Å². The summed E-state index contributed by atoms with van der Waals surface area (Å²) in [6.45, 7) is -0.202. The highest BCUT2D eigenvalue weighted by atomic mass is 35.5. The fourth-order valence-electron chi connectivity index (χ4n) is 1.95. The summed E-state index contributed by atoms with van der Waals surface area (Å²) in [7, 11) is 1.24. The number of primary amides is 1. The third-order valence-electron chi connectivity index (χ3n) is 2.89. The van der Waals surface area contributed by atoms with E-state index in [0.717, 1.165) is 4.90 Å². The lowest BCUT2D eigenvalue weighted by atomic mass is 10.0. The second-order valence-corrected chi connectivity index (χ2v) is 5.08. The van der Waals surface area contributed by atoms with Gasteiger partial charge in [0.15, 0.2) is 0 Å². The topological polar surface area (TPSA) is 75.4 Å². The summed E-state index contributed by atoms with van der Waals surface area (Å²) in [5.41, 5.74) is 4.77. The molecular formula is C13H15ClF3N3O2. The maximum absolute atomic E-state index is 13.2. The zero-order valence-electron chi connectivity index (χ0n) is 11.7. The van der Waals surface area contributed by atoms with Crippen LogP contribution in [0.1, 0.15) is 18.0 Å². The molecule has 0 fully saturated rings. The van der Waals surface area contributed by atoms with Gasteiger partial charge < -0.3 is 5.73 Å². The van der Waals surface area contributed by atoms with Crippen molar-refractivity contribution >= 4 is 23.5 Å². The molecule has 1 aromatic carbocycles. The Morgan fingerprint density at radius 2 is 1.86 bits per heavy atom. The van der Waals surface area contributed by atoms with E-state index >= 15 is 0 Å². The van der Waals surface area contributed by atoms with E-state index in [0.29, 0.717) is 5.02 Å². The Labute approximate surface area is 130 Å². The van der Waals surface area contributed by atoms with Crippen LogP contribution in [0.5, 0.6) is 0 Å². The predicted molar refractivity (Wildman–Crippen MR) is 75.2 cm³/mol. The van der Waals surface area contributed by atoms with Gasteiger partial charge in [-0.05, 0) is 24.7 Å². The molecule has 0 aliphatic carbocycles. The number of urea groups is 1. The standard InChI is InChI=1S/C13H15ClF3N3O2/c1-20(7-6-10(21)19-12(18)22)11(13(15,16)17)8-2-4-9(14)5-3-8/h2-5,11H,6-7H2,1H3,(H3,18,19,21,22). The largest absolute Gasteiger partial charge is 0.408 e. The van der Waals surface area contributed by atoms with Gasteiger partial charge >= 0.3 is 12.2 Å². The van der Waals surface area contributed by atoms with E-state index in [1.807, 2.05) is 0 Å². The summed E-state index contributed by atoms with van der Waals surface area (Å²) in [4.78, 5) is 22.7. The van der Waals surface area contributed by atoms with Crippen LogP contribution in [0.4, 0.5) is 18.0 Å². The fraction of sp³-hybridized carbons (Fsp3) is 0.385. The molecule has 1 atom stereocenters. The summed E-state index contributed by atoms with van der Waals surface area (Å²) >= 11 is 5.67. The molecule has 0 radical (unpaired) electrons. The van der Waals surface area contributed by atoms with Crippen LogP contribution in [0, 0.1) is 0 Å². The maximum Gasteiger partial charge on any atom is 0.408 e. The molecule has 3 amide bonds. The monoisotopic (exact) mass is 337 g/mol. The van der Waals surface area contributed by atoms with E-state index in [2.05, 4.69) is 0 Å². The fourth-order valence-corrected chi connectivity index (χ4v) is 2.07. The van der Waals surface area contributed by atoms with E-state index in [1.54, 1.807) is 5.32 Å². The first kappa shape index (κ1) is 18.2. The third-order valence-corrected chi connectivity index (χ3v) is 3.14. The lowest BCUT2D eigenvalue weighted by Crippen LogP contribution is -2.40. The average Bonchev–Trinajstić information content (AvgIpc) is 2.36. The summed E-state index contributed by atoms with van der Waals surface area (Å²) in [6.07, 6.45) is -4.82. The number of carbonyl (C=O) groups is 2. The summed E-state index contributed by atoms with van der Waals surface area (Å²) in [5, 5.41) is 2.12. The van der Waals surface area contributed by atoms with Gasteiger partial charge in [-0.15, -0.1) is 0 Å². The molecule has 122 valence electrons. The molecule has 1 unspecified atom stereocenters. The van der Waals surface area contributed by atoms with Crippen LogP contribution in [0.25, 0.3) is 0 Å². The molecule has 0 bridgehead atoms. The minimum Gasteiger partial charge on any atom is -0.351 e. The summed E-state index contributed by atoms with van der Waals surface area (Å²) in [6, 6.07) is 2.36. The van der Waals surface area contributed by atoms with E-state index < -0.39 is 24.2 Å². The molecule has 0 aromatic heterocycles. The van der Waals surface area contributed by atoms with Crippen molar-refractivity contribution in [3.63, 3.8) is 0 Å². The highest BCUT2D eigenvalue weighted by Crippen LogP contribution is 2.37. The molecular weight excluding hydrogens is 323 g/mol. The van der Waals surface area contributed by atoms with Crippen molar-refractivity contribution in [2.24, 2.45) is 5.73 Å². The lowest BCUT2D eigenvalue weighted by Gasteiger charge is -2.30. The molecule has 9 heteroatoms. The van der Waals surface area contributed by atoms with Crippen LogP contribution in [0.15, 0.2) is 24.3 Å². The van der Waals surface area contributed by atoms with Crippen LogP contribution in [-0.2, 0) is 4.79 Å². The highest BCUT2D eigenvalue weighted by molar-refractivity contribution is 6.30. The van der Waals surface area contributed by atoms with Crippen molar-refractivity contribution in [2.45, 2.75) is 18.6 Å². The van der Waals surface area contributed by atoms with Gasteiger partial charge in [0.1, 0.15) is 6.04 Å². The first-order valence-electron chi connectivity index (χ1n) is 6.23. The molecule has 3 N–H and O–H groups in total. The van der Waals surface area contributed by atoms with Gasteiger partial charge in [0.05, 0.1) is 0 Å². The van der Waals surface area contributed by atoms with Gasteiger partial charge in [0.2, 0.25) is 5.91 Å². The van der Waals surface area contributed by atoms with Crippen molar-refractivity contribution in [3.8, 4) is 0 Å². The number of alkyl halides is 3. The van der Waals surface area contributed by atoms with Crippen LogP contribution in [-0.4, -0.2) is 36.6 Å². The van der Waals surface area contributed by atoms with Crippen molar-refractivity contribution in [2.75, 3.05) is 13.6 Å². The number of hydrogen-bond donors (Lipinski definition) is 2. The third kappa shape index (κ3) is 5.53. The Bertz CT molecular complexity index is 534. The number of carbonyl (C=O) groups excluding carboxylic acids is 2. The van der Waals surface area contributed by atoms with E-state index in [1.165, 1.54) is 31.3 Å². The van der Waals surface area contributed by atoms with E-state index in [4.69, 9.17) is 17.3 Å². The molecule has 0 aliphatic rings. The number of nitrogens with one attached hydrogen (secondary N) is 1. The molecule has 1 aromatic rings. The number of amides is 3. The number of halogens is 4. The summed E-state index contributed by atoms with van der Waals surface area (Å²) in [5.74, 6) is -0.739. The van der Waals surface area contributed by atoms with Crippen molar-refractivity contribution in [3.05, 3.63) is 34.9 Å². The normalized spacial score (nSPS) is 13.0. The van der Waals surface area contributed by atoms with Gasteiger partial charge in [-0.1, -0.05) is 23.7 Å². The number of benzene rings is 1. The zero-order chi connectivity index (χ0) is 16.9. The minimum atomic E-state index is -4.53. The Balaban J connectivity index is 2.82. The number of imide groups is 1. The average molecular weight is 338 g/mol. The molecule has 0 aliphatic heterocycles. The molecule has 22 heavy (non-hydrogen) atoms. The van der Waals surface area contributed by atoms with E-state index in [-0.39, 0.29) is 18.5 Å². The Hall–Kier alpha value is -1.80. The van der Waals surface area contributed by atoms with Crippen LogP contribution in [0.3, 0.4) is 0 Å². The van der Waals surface area contributed by atoms with Gasteiger partial charge in [0.25, 0.3) is 0 Å². The van der Waals surface area contributed by atoms with Crippen molar-refractivity contribution in [1.29, 1.82) is 0 Å². The molecule has 5 nitrogen and oxygen atoms in total. The van der Waals surface area contributed by atoms with E-state index in [9.17, 15) is 22.8 Å². The van der Waals surface area contributed by atoms with Crippen LogP contribution in [0.2, 0.25) is 5.02 Å². The quantitative estimate of drug-likeness (QED) is 0.866. The SMILES string of the molecule is CN(CCC(=O)NC(N)=O)C(c1ccc(Cl)cc1)C(F)(F)F. The molecule has 0 saturated carbocycles. The molecule has 0 heterocycles. The number of rotatable bonds is 5. The van der Waals surface area contributed by atoms with Crippen molar-refractivity contribution < 1.29 is 22.8 Å². The number of nitrogens with two attached hydrogens (primary N) is 1. The molecule has 1 rings (SSSR count).